The van der Waals surface area contributed by atoms with Gasteiger partial charge in [0.05, 0.1) is 5.69 Å². The van der Waals surface area contributed by atoms with Crippen LogP contribution in [0.2, 0.25) is 0 Å². The number of nitrogens with zero attached hydrogens (tertiary/aromatic N) is 2. The van der Waals surface area contributed by atoms with E-state index in [1.54, 1.807) is 0 Å². The monoisotopic (exact) mass is 290 g/mol. The van der Waals surface area contributed by atoms with Crippen LogP contribution in [-0.2, 0) is 13.6 Å². The first-order valence-electron chi connectivity index (χ1n) is 8.62. The molecule has 3 atom stereocenters. The molecule has 1 aromatic heterocycles. The fourth-order valence-electron chi connectivity index (χ4n) is 4.27. The van der Waals surface area contributed by atoms with Gasteiger partial charge < -0.3 is 10.6 Å². The maximum Gasteiger partial charge on any atom is 0.0641 e. The Morgan fingerprint density at radius 3 is 2.71 bits per heavy atom. The summed E-state index contributed by atoms with van der Waals surface area (Å²) in [5, 5.41) is 12.1. The Balaban J connectivity index is 1.61. The van der Waals surface area contributed by atoms with E-state index < -0.39 is 0 Å². The zero-order valence-electron chi connectivity index (χ0n) is 13.8. The molecule has 3 rings (SSSR count). The molecule has 4 nitrogen and oxygen atoms in total. The molecule has 2 aliphatic rings. The van der Waals surface area contributed by atoms with Crippen LogP contribution in [0.25, 0.3) is 0 Å². The molecule has 0 amide bonds. The lowest BCUT2D eigenvalue weighted by Gasteiger charge is -2.33. The number of hydrogen-bond donors (Lipinski definition) is 2. The summed E-state index contributed by atoms with van der Waals surface area (Å²) in [6, 6.07) is 1.43. The molecule has 1 aliphatic carbocycles. The summed E-state index contributed by atoms with van der Waals surface area (Å²) in [6.45, 7) is 6.48. The number of piperidine rings is 1. The molecule has 0 radical (unpaired) electrons. The normalized spacial score (nSPS) is 30.0. The highest BCUT2D eigenvalue weighted by Crippen LogP contribution is 2.32. The van der Waals surface area contributed by atoms with Gasteiger partial charge in [0.25, 0.3) is 0 Å². The van der Waals surface area contributed by atoms with Gasteiger partial charge >= 0.3 is 0 Å². The van der Waals surface area contributed by atoms with Gasteiger partial charge in [-0.05, 0) is 52.0 Å². The fourth-order valence-corrected chi connectivity index (χ4v) is 4.27. The van der Waals surface area contributed by atoms with Crippen LogP contribution < -0.4 is 10.6 Å². The Kier molecular flexibility index (Phi) is 4.65. The average molecular weight is 290 g/mol. The number of aryl methyl sites for hydroxylation is 2. The Morgan fingerprint density at radius 2 is 2.05 bits per heavy atom. The van der Waals surface area contributed by atoms with Crippen molar-refractivity contribution in [2.75, 3.05) is 6.54 Å². The smallest absolute Gasteiger partial charge is 0.0641 e. The van der Waals surface area contributed by atoms with Crippen LogP contribution in [0.3, 0.4) is 0 Å². The van der Waals surface area contributed by atoms with Crippen molar-refractivity contribution in [1.82, 2.24) is 20.4 Å². The summed E-state index contributed by atoms with van der Waals surface area (Å²) in [4.78, 5) is 0. The highest BCUT2D eigenvalue weighted by atomic mass is 15.3. The predicted octanol–water partition coefficient (Wildman–Crippen LogP) is 2.44. The second-order valence-corrected chi connectivity index (χ2v) is 6.91. The molecular formula is C17H30N4. The molecule has 21 heavy (non-hydrogen) atoms. The molecule has 0 aromatic carbocycles. The summed E-state index contributed by atoms with van der Waals surface area (Å²) in [6.07, 6.45) is 8.23. The zero-order valence-corrected chi connectivity index (χ0v) is 13.8. The SMILES string of the molecule is Cc1nn(C)c(C)c1CNC1CCCC1C1CCCCN1. The summed E-state index contributed by atoms with van der Waals surface area (Å²) in [7, 11) is 2.04. The van der Waals surface area contributed by atoms with Gasteiger partial charge in [0.1, 0.15) is 0 Å². The van der Waals surface area contributed by atoms with E-state index in [-0.39, 0.29) is 0 Å². The van der Waals surface area contributed by atoms with Gasteiger partial charge in [0.2, 0.25) is 0 Å². The third kappa shape index (κ3) is 3.16. The number of hydrogen-bond acceptors (Lipinski definition) is 3. The Labute approximate surface area is 128 Å². The van der Waals surface area contributed by atoms with Crippen molar-refractivity contribution in [1.29, 1.82) is 0 Å². The van der Waals surface area contributed by atoms with E-state index in [1.807, 2.05) is 11.7 Å². The van der Waals surface area contributed by atoms with Crippen molar-refractivity contribution in [3.63, 3.8) is 0 Å². The van der Waals surface area contributed by atoms with Crippen LogP contribution in [0.5, 0.6) is 0 Å². The second-order valence-electron chi connectivity index (χ2n) is 6.91. The molecule has 1 saturated carbocycles. The molecule has 2 fully saturated rings. The minimum Gasteiger partial charge on any atom is -0.314 e. The average Bonchev–Trinajstić information content (AvgIpc) is 3.04. The van der Waals surface area contributed by atoms with Crippen LogP contribution in [-0.4, -0.2) is 28.4 Å². The van der Waals surface area contributed by atoms with Gasteiger partial charge in [-0.2, -0.15) is 5.10 Å². The van der Waals surface area contributed by atoms with E-state index >= 15 is 0 Å². The van der Waals surface area contributed by atoms with Crippen LogP contribution in [0.4, 0.5) is 0 Å². The van der Waals surface area contributed by atoms with Gasteiger partial charge in [-0.3, -0.25) is 4.68 Å². The second kappa shape index (κ2) is 6.49. The molecule has 1 aromatic rings. The van der Waals surface area contributed by atoms with E-state index in [2.05, 4.69) is 29.6 Å². The van der Waals surface area contributed by atoms with Crippen molar-refractivity contribution < 1.29 is 0 Å². The highest BCUT2D eigenvalue weighted by molar-refractivity contribution is 5.24. The molecule has 4 heteroatoms. The maximum absolute atomic E-state index is 4.53. The first kappa shape index (κ1) is 15.0. The quantitative estimate of drug-likeness (QED) is 0.895. The largest absolute Gasteiger partial charge is 0.314 e. The van der Waals surface area contributed by atoms with Crippen LogP contribution in [0, 0.1) is 19.8 Å². The van der Waals surface area contributed by atoms with Crippen molar-refractivity contribution in [3.8, 4) is 0 Å². The number of rotatable bonds is 4. The third-order valence-electron chi connectivity index (χ3n) is 5.63. The standard InChI is InChI=1S/C17H30N4/c1-12-15(13(2)21(3)20-12)11-19-17-9-6-7-14(17)16-8-4-5-10-18-16/h14,16-19H,4-11H2,1-3H3. The molecule has 1 aliphatic heterocycles. The molecule has 3 unspecified atom stereocenters. The first-order valence-corrected chi connectivity index (χ1v) is 8.62. The van der Waals surface area contributed by atoms with Crippen LogP contribution in [0.1, 0.15) is 55.5 Å². The Hall–Kier alpha value is -0.870. The summed E-state index contributed by atoms with van der Waals surface area (Å²) in [5.41, 5.74) is 3.86. The van der Waals surface area contributed by atoms with E-state index in [0.717, 1.165) is 18.5 Å². The summed E-state index contributed by atoms with van der Waals surface area (Å²) >= 11 is 0. The van der Waals surface area contributed by atoms with Gasteiger partial charge in [-0.15, -0.1) is 0 Å². The number of aromatic nitrogens is 2. The molecule has 2 heterocycles. The number of nitrogens with one attached hydrogen (secondary N) is 2. The van der Waals surface area contributed by atoms with Gasteiger partial charge in [0.15, 0.2) is 0 Å². The molecule has 0 bridgehead atoms. The minimum atomic E-state index is 0.680. The van der Waals surface area contributed by atoms with Gasteiger partial charge in [-0.25, -0.2) is 0 Å². The van der Waals surface area contributed by atoms with E-state index in [1.165, 1.54) is 62.0 Å². The van der Waals surface area contributed by atoms with Crippen LogP contribution >= 0.6 is 0 Å². The van der Waals surface area contributed by atoms with E-state index in [9.17, 15) is 0 Å². The molecule has 118 valence electrons. The minimum absolute atomic E-state index is 0.680. The lowest BCUT2D eigenvalue weighted by molar-refractivity contribution is 0.256. The predicted molar refractivity (Wildman–Crippen MR) is 86.3 cm³/mol. The highest BCUT2D eigenvalue weighted by Gasteiger charge is 2.34. The van der Waals surface area contributed by atoms with Crippen molar-refractivity contribution in [2.45, 2.75) is 71.0 Å². The summed E-state index contributed by atoms with van der Waals surface area (Å²) in [5.74, 6) is 0.822. The molecule has 1 saturated heterocycles. The third-order valence-corrected chi connectivity index (χ3v) is 5.63. The molecule has 0 spiro atoms. The first-order chi connectivity index (χ1) is 10.2. The fraction of sp³-hybridized carbons (Fsp3) is 0.824. The molecular weight excluding hydrogens is 260 g/mol. The Bertz CT molecular complexity index is 473. The Morgan fingerprint density at radius 1 is 1.19 bits per heavy atom. The van der Waals surface area contributed by atoms with Gasteiger partial charge in [0, 0.05) is 36.9 Å². The maximum atomic E-state index is 4.53. The van der Waals surface area contributed by atoms with Crippen molar-refractivity contribution in [2.24, 2.45) is 13.0 Å². The van der Waals surface area contributed by atoms with Crippen molar-refractivity contribution in [3.05, 3.63) is 17.0 Å². The lowest BCUT2D eigenvalue weighted by atomic mass is 9.88. The van der Waals surface area contributed by atoms with Crippen molar-refractivity contribution >= 4 is 0 Å². The van der Waals surface area contributed by atoms with Crippen LogP contribution in [0.15, 0.2) is 0 Å². The topological polar surface area (TPSA) is 41.9 Å². The molecule has 2 N–H and O–H groups in total. The lowest BCUT2D eigenvalue weighted by Crippen LogP contribution is -2.46. The van der Waals surface area contributed by atoms with E-state index in [4.69, 9.17) is 0 Å². The van der Waals surface area contributed by atoms with Gasteiger partial charge in [-0.1, -0.05) is 12.8 Å². The zero-order chi connectivity index (χ0) is 14.8. The van der Waals surface area contributed by atoms with E-state index in [0.29, 0.717) is 6.04 Å². The summed E-state index contributed by atoms with van der Waals surface area (Å²) < 4.78 is 2.00.